The molecule has 3 rings (SSSR count). The topological polar surface area (TPSA) is 131 Å². The van der Waals surface area contributed by atoms with Crippen molar-refractivity contribution >= 4 is 25.8 Å². The van der Waals surface area contributed by atoms with Crippen LogP contribution in [-0.4, -0.2) is 67.3 Å². The molecule has 1 aliphatic rings. The fourth-order valence-corrected chi connectivity index (χ4v) is 6.02. The smallest absolute Gasteiger partial charge is 0.249 e. The van der Waals surface area contributed by atoms with Crippen LogP contribution in [0.5, 0.6) is 0 Å². The van der Waals surface area contributed by atoms with Crippen molar-refractivity contribution < 1.29 is 30.4 Å². The summed E-state index contributed by atoms with van der Waals surface area (Å²) < 4.78 is 80.2. The molecule has 1 aromatic heterocycles. The summed E-state index contributed by atoms with van der Waals surface area (Å²) in [6.07, 6.45) is 1.54. The number of amides is 1. The van der Waals surface area contributed by atoms with Gasteiger partial charge in [-0.15, -0.1) is 10.2 Å². The number of benzene rings is 1. The third kappa shape index (κ3) is 4.34. The molecule has 1 aliphatic heterocycles. The van der Waals surface area contributed by atoms with E-state index >= 15 is 0 Å². The lowest BCUT2D eigenvalue weighted by molar-refractivity contribution is -0.130. The van der Waals surface area contributed by atoms with E-state index in [9.17, 15) is 30.4 Å². The minimum absolute atomic E-state index is 0.0797. The first kappa shape index (κ1) is 22.2. The quantitative estimate of drug-likeness (QED) is 0.630. The predicted octanol–water partition coefficient (Wildman–Crippen LogP) is -0.163. The molecule has 164 valence electrons. The number of sulfonamides is 1. The van der Waals surface area contributed by atoms with Gasteiger partial charge in [0.1, 0.15) is 18.0 Å². The Morgan fingerprint density at radius 2 is 1.77 bits per heavy atom. The first-order valence-corrected chi connectivity index (χ1v) is 11.9. The summed E-state index contributed by atoms with van der Waals surface area (Å²) in [6, 6.07) is 2.61. The maximum Gasteiger partial charge on any atom is 0.249 e. The number of sulfone groups is 1. The normalized spacial score (nSPS) is 16.0. The van der Waals surface area contributed by atoms with Gasteiger partial charge in [0.2, 0.25) is 30.9 Å². The zero-order valence-electron chi connectivity index (χ0n) is 15.8. The molecule has 0 unspecified atom stereocenters. The Hall–Kier alpha value is -2.45. The summed E-state index contributed by atoms with van der Waals surface area (Å²) in [4.78, 5) is 12.5. The van der Waals surface area contributed by atoms with Crippen molar-refractivity contribution in [3.8, 4) is 0 Å². The van der Waals surface area contributed by atoms with Gasteiger partial charge in [-0.25, -0.2) is 30.3 Å². The lowest BCUT2D eigenvalue weighted by Crippen LogP contribution is -2.46. The van der Waals surface area contributed by atoms with Gasteiger partial charge < -0.3 is 9.47 Å². The fourth-order valence-electron chi connectivity index (χ4n) is 3.17. The second kappa shape index (κ2) is 8.35. The van der Waals surface area contributed by atoms with Gasteiger partial charge in [-0.05, 0) is 25.0 Å². The van der Waals surface area contributed by atoms with Crippen LogP contribution in [0.1, 0.15) is 12.8 Å². The summed E-state index contributed by atoms with van der Waals surface area (Å²) in [7, 11) is -6.80. The van der Waals surface area contributed by atoms with Gasteiger partial charge in [-0.1, -0.05) is 6.07 Å². The number of carbonyl (C=O) groups is 1. The average Bonchev–Trinajstić information content (AvgIpc) is 3.13. The third-order valence-electron chi connectivity index (χ3n) is 4.76. The number of hydrogen-bond donors (Lipinski definition) is 1. The molecule has 14 heteroatoms. The van der Waals surface area contributed by atoms with Crippen LogP contribution in [-0.2, 0) is 31.7 Å². The molecule has 0 aliphatic carbocycles. The van der Waals surface area contributed by atoms with E-state index in [1.807, 2.05) is 4.72 Å². The fraction of sp³-hybridized carbons (Fsp3) is 0.438. The van der Waals surface area contributed by atoms with E-state index < -0.39 is 54.1 Å². The van der Waals surface area contributed by atoms with Crippen molar-refractivity contribution in [3.63, 3.8) is 0 Å². The summed E-state index contributed by atoms with van der Waals surface area (Å²) in [5, 5.41) is 6.27. The summed E-state index contributed by atoms with van der Waals surface area (Å²) >= 11 is 0. The molecule has 1 amide bonds. The first-order chi connectivity index (χ1) is 14.0. The number of nitrogens with one attached hydrogen (secondary N) is 1. The summed E-state index contributed by atoms with van der Waals surface area (Å²) in [5.74, 6) is -3.18. The second-order valence-corrected chi connectivity index (χ2v) is 10.6. The SMILES string of the molecule is Cn1cnnc1S(=O)(=O)C1CCN(C(=O)CNS(=O)(=O)c2c(F)cccc2F)CC1. The number of likely N-dealkylation sites (tertiary alicyclic amines) is 1. The molecule has 2 aromatic rings. The average molecular weight is 463 g/mol. The molecular formula is C16H19F2N5O5S2. The highest BCUT2D eigenvalue weighted by Crippen LogP contribution is 2.23. The third-order valence-corrected chi connectivity index (χ3v) is 8.44. The van der Waals surface area contributed by atoms with Gasteiger partial charge in [0.25, 0.3) is 0 Å². The number of aromatic nitrogens is 3. The van der Waals surface area contributed by atoms with E-state index in [0.29, 0.717) is 0 Å². The van der Waals surface area contributed by atoms with E-state index in [1.54, 1.807) is 0 Å². The molecule has 0 radical (unpaired) electrons. The van der Waals surface area contributed by atoms with E-state index in [4.69, 9.17) is 0 Å². The lowest BCUT2D eigenvalue weighted by Gasteiger charge is -2.31. The first-order valence-electron chi connectivity index (χ1n) is 8.83. The predicted molar refractivity (Wildman–Crippen MR) is 99.3 cm³/mol. The maximum absolute atomic E-state index is 13.7. The molecule has 0 bridgehead atoms. The molecule has 1 saturated heterocycles. The van der Waals surface area contributed by atoms with Crippen LogP contribution >= 0.6 is 0 Å². The number of nitrogens with zero attached hydrogens (tertiary/aromatic N) is 4. The minimum Gasteiger partial charge on any atom is -0.341 e. The van der Waals surface area contributed by atoms with Crippen molar-refractivity contribution in [1.82, 2.24) is 24.4 Å². The Morgan fingerprint density at radius 3 is 2.30 bits per heavy atom. The van der Waals surface area contributed by atoms with Crippen LogP contribution in [0, 0.1) is 11.6 Å². The molecule has 10 nitrogen and oxygen atoms in total. The van der Waals surface area contributed by atoms with E-state index in [1.165, 1.54) is 22.8 Å². The molecular weight excluding hydrogens is 444 g/mol. The molecule has 1 N–H and O–H groups in total. The highest BCUT2D eigenvalue weighted by Gasteiger charge is 2.35. The Kier molecular flexibility index (Phi) is 6.19. The zero-order valence-corrected chi connectivity index (χ0v) is 17.5. The van der Waals surface area contributed by atoms with Crippen LogP contribution < -0.4 is 4.72 Å². The number of carbonyl (C=O) groups excluding carboxylic acids is 1. The largest absolute Gasteiger partial charge is 0.341 e. The molecule has 0 saturated carbocycles. The van der Waals surface area contributed by atoms with Gasteiger partial charge in [-0.2, -0.15) is 0 Å². The van der Waals surface area contributed by atoms with Crippen LogP contribution in [0.15, 0.2) is 34.6 Å². The van der Waals surface area contributed by atoms with Gasteiger partial charge in [0, 0.05) is 20.1 Å². The van der Waals surface area contributed by atoms with E-state index in [2.05, 4.69) is 10.2 Å². The molecule has 30 heavy (non-hydrogen) atoms. The zero-order chi connectivity index (χ0) is 22.1. The van der Waals surface area contributed by atoms with Crippen LogP contribution in [0.3, 0.4) is 0 Å². The van der Waals surface area contributed by atoms with E-state index in [-0.39, 0.29) is 31.1 Å². The van der Waals surface area contributed by atoms with E-state index in [0.717, 1.165) is 18.2 Å². The Bertz CT molecular complexity index is 1140. The standard InChI is InChI=1S/C16H19F2N5O5S2/c1-22-10-19-21-16(22)29(25,26)11-5-7-23(8-6-11)14(24)9-20-30(27,28)15-12(17)3-2-4-13(15)18/h2-4,10-11,20H,5-9H2,1H3. The van der Waals surface area contributed by atoms with Crippen molar-refractivity contribution in [1.29, 1.82) is 0 Å². The van der Waals surface area contributed by atoms with Crippen LogP contribution in [0.2, 0.25) is 0 Å². The summed E-state index contributed by atoms with van der Waals surface area (Å²) in [6.45, 7) is -0.552. The highest BCUT2D eigenvalue weighted by atomic mass is 32.2. The second-order valence-electron chi connectivity index (χ2n) is 6.72. The minimum atomic E-state index is -4.59. The molecule has 1 fully saturated rings. The Balaban J connectivity index is 1.60. The van der Waals surface area contributed by atoms with Crippen molar-refractivity contribution in [2.24, 2.45) is 7.05 Å². The van der Waals surface area contributed by atoms with Gasteiger partial charge in [0.15, 0.2) is 4.90 Å². The van der Waals surface area contributed by atoms with Crippen molar-refractivity contribution in [2.45, 2.75) is 28.1 Å². The monoisotopic (exact) mass is 463 g/mol. The number of aryl methyl sites for hydroxylation is 1. The molecule has 0 spiro atoms. The number of rotatable bonds is 6. The number of piperidine rings is 1. The van der Waals surface area contributed by atoms with Gasteiger partial charge in [0.05, 0.1) is 11.8 Å². The van der Waals surface area contributed by atoms with Crippen LogP contribution in [0.4, 0.5) is 8.78 Å². The maximum atomic E-state index is 13.7. The molecule has 1 aromatic carbocycles. The van der Waals surface area contributed by atoms with Crippen molar-refractivity contribution in [2.75, 3.05) is 19.6 Å². The van der Waals surface area contributed by atoms with Crippen LogP contribution in [0.25, 0.3) is 0 Å². The van der Waals surface area contributed by atoms with Gasteiger partial charge in [-0.3, -0.25) is 4.79 Å². The molecule has 2 heterocycles. The Morgan fingerprint density at radius 1 is 1.17 bits per heavy atom. The molecule has 0 atom stereocenters. The summed E-state index contributed by atoms with van der Waals surface area (Å²) in [5.41, 5.74) is 0. The van der Waals surface area contributed by atoms with Gasteiger partial charge >= 0.3 is 0 Å². The lowest BCUT2D eigenvalue weighted by atomic mass is 10.1. The van der Waals surface area contributed by atoms with Crippen molar-refractivity contribution in [3.05, 3.63) is 36.2 Å². The number of hydrogen-bond acceptors (Lipinski definition) is 7. The highest BCUT2D eigenvalue weighted by molar-refractivity contribution is 7.91. The number of halogens is 2. The Labute approximate surface area is 171 Å².